The molecule has 2 aromatic heterocycles. The van der Waals surface area contributed by atoms with E-state index in [0.717, 1.165) is 22.0 Å². The van der Waals surface area contributed by atoms with Crippen LogP contribution in [0.2, 0.25) is 0 Å². The van der Waals surface area contributed by atoms with Crippen molar-refractivity contribution in [2.75, 3.05) is 0 Å². The second-order valence-electron chi connectivity index (χ2n) is 6.12. The number of hydrogen-bond donors (Lipinski definition) is 0. The third-order valence-electron chi connectivity index (χ3n) is 4.29. The number of ether oxygens (including phenoxy) is 1. The van der Waals surface area contributed by atoms with Gasteiger partial charge in [0.1, 0.15) is 5.75 Å². The molecule has 0 spiro atoms. The van der Waals surface area contributed by atoms with E-state index in [0.29, 0.717) is 6.54 Å². The smallest absolute Gasteiger partial charge is 0.406 e. The Balaban J connectivity index is 1.67. The second-order valence-corrected chi connectivity index (χ2v) is 6.12. The van der Waals surface area contributed by atoms with Crippen LogP contribution in [0, 0.1) is 0 Å². The Hall–Kier alpha value is -3.28. The number of pyridine rings is 1. The lowest BCUT2D eigenvalue weighted by Gasteiger charge is -2.10. The first-order chi connectivity index (χ1) is 13.0. The SMILES string of the molecule is FC(F)(F)Oc1ccc(-c2cncc3c2ccn3Cc2ccccc2)cc1. The van der Waals surface area contributed by atoms with Crippen molar-refractivity contribution in [3.05, 3.63) is 84.8 Å². The van der Waals surface area contributed by atoms with Crippen molar-refractivity contribution in [1.82, 2.24) is 9.55 Å². The number of aromatic nitrogens is 2. The fraction of sp³-hybridized carbons (Fsp3) is 0.0952. The Morgan fingerprint density at radius 2 is 1.63 bits per heavy atom. The molecule has 0 N–H and O–H groups in total. The summed E-state index contributed by atoms with van der Waals surface area (Å²) in [6.07, 6.45) is 0.805. The summed E-state index contributed by atoms with van der Waals surface area (Å²) >= 11 is 0. The van der Waals surface area contributed by atoms with Crippen LogP contribution in [0.15, 0.2) is 79.3 Å². The van der Waals surface area contributed by atoms with Crippen LogP contribution >= 0.6 is 0 Å². The van der Waals surface area contributed by atoms with Gasteiger partial charge in [0.25, 0.3) is 0 Å². The van der Waals surface area contributed by atoms with Gasteiger partial charge >= 0.3 is 6.36 Å². The van der Waals surface area contributed by atoms with Crippen LogP contribution in [-0.2, 0) is 6.54 Å². The zero-order chi connectivity index (χ0) is 18.9. The van der Waals surface area contributed by atoms with Gasteiger partial charge < -0.3 is 9.30 Å². The average molecular weight is 368 g/mol. The highest BCUT2D eigenvalue weighted by Gasteiger charge is 2.31. The minimum absolute atomic E-state index is 0.243. The Bertz CT molecular complexity index is 1050. The van der Waals surface area contributed by atoms with Gasteiger partial charge in [-0.3, -0.25) is 4.98 Å². The van der Waals surface area contributed by atoms with E-state index < -0.39 is 6.36 Å². The molecular weight excluding hydrogens is 353 g/mol. The second kappa shape index (κ2) is 6.79. The Morgan fingerprint density at radius 3 is 2.33 bits per heavy atom. The highest BCUT2D eigenvalue weighted by atomic mass is 19.4. The molecule has 0 saturated heterocycles. The van der Waals surface area contributed by atoms with Crippen molar-refractivity contribution in [3.63, 3.8) is 0 Å². The lowest BCUT2D eigenvalue weighted by Crippen LogP contribution is -2.16. The summed E-state index contributed by atoms with van der Waals surface area (Å²) in [5.74, 6) is -0.243. The van der Waals surface area contributed by atoms with Crippen LogP contribution in [0.25, 0.3) is 22.0 Å². The molecule has 0 atom stereocenters. The zero-order valence-corrected chi connectivity index (χ0v) is 14.1. The van der Waals surface area contributed by atoms with Gasteiger partial charge in [-0.15, -0.1) is 13.2 Å². The molecule has 4 rings (SSSR count). The molecule has 0 fully saturated rings. The summed E-state index contributed by atoms with van der Waals surface area (Å²) in [4.78, 5) is 4.31. The van der Waals surface area contributed by atoms with E-state index >= 15 is 0 Å². The number of benzene rings is 2. The van der Waals surface area contributed by atoms with Gasteiger partial charge in [-0.2, -0.15) is 0 Å². The Kier molecular flexibility index (Phi) is 4.32. The lowest BCUT2D eigenvalue weighted by atomic mass is 10.0. The van der Waals surface area contributed by atoms with E-state index in [1.54, 1.807) is 24.5 Å². The molecule has 4 aromatic rings. The van der Waals surface area contributed by atoms with Crippen molar-refractivity contribution in [2.24, 2.45) is 0 Å². The van der Waals surface area contributed by atoms with Crippen molar-refractivity contribution in [1.29, 1.82) is 0 Å². The maximum atomic E-state index is 12.3. The Morgan fingerprint density at radius 1 is 0.889 bits per heavy atom. The fourth-order valence-corrected chi connectivity index (χ4v) is 3.09. The van der Waals surface area contributed by atoms with Gasteiger partial charge in [-0.05, 0) is 29.3 Å². The molecule has 27 heavy (non-hydrogen) atoms. The molecule has 0 aliphatic heterocycles. The van der Waals surface area contributed by atoms with E-state index in [9.17, 15) is 13.2 Å². The summed E-state index contributed by atoms with van der Waals surface area (Å²) in [7, 11) is 0. The van der Waals surface area contributed by atoms with Gasteiger partial charge in [0.15, 0.2) is 0 Å². The van der Waals surface area contributed by atoms with Gasteiger partial charge in [0.2, 0.25) is 0 Å². The van der Waals surface area contributed by atoms with E-state index in [1.807, 2.05) is 30.5 Å². The highest BCUT2D eigenvalue weighted by molar-refractivity contribution is 5.94. The number of fused-ring (bicyclic) bond motifs is 1. The molecule has 6 heteroatoms. The van der Waals surface area contributed by atoms with Crippen LogP contribution < -0.4 is 4.74 Å². The maximum Gasteiger partial charge on any atom is 0.573 e. The topological polar surface area (TPSA) is 27.1 Å². The Labute approximate surface area is 153 Å². The molecule has 0 unspecified atom stereocenters. The normalized spacial score (nSPS) is 11.7. The van der Waals surface area contributed by atoms with Crippen LogP contribution in [0.3, 0.4) is 0 Å². The molecule has 0 aliphatic carbocycles. The fourth-order valence-electron chi connectivity index (χ4n) is 3.09. The minimum atomic E-state index is -4.70. The van der Waals surface area contributed by atoms with Crippen molar-refractivity contribution >= 4 is 10.9 Å². The molecule has 0 saturated carbocycles. The molecule has 0 amide bonds. The summed E-state index contributed by atoms with van der Waals surface area (Å²) in [5, 5.41) is 0.991. The van der Waals surface area contributed by atoms with E-state index in [-0.39, 0.29) is 5.75 Å². The number of alkyl halides is 3. The first-order valence-corrected chi connectivity index (χ1v) is 8.32. The van der Waals surface area contributed by atoms with Crippen LogP contribution in [0.1, 0.15) is 5.56 Å². The zero-order valence-electron chi connectivity index (χ0n) is 14.1. The largest absolute Gasteiger partial charge is 0.573 e. The quantitative estimate of drug-likeness (QED) is 0.465. The lowest BCUT2D eigenvalue weighted by molar-refractivity contribution is -0.274. The number of halogens is 3. The van der Waals surface area contributed by atoms with Crippen molar-refractivity contribution in [2.45, 2.75) is 12.9 Å². The third-order valence-corrected chi connectivity index (χ3v) is 4.29. The molecule has 0 bridgehead atoms. The van der Waals surface area contributed by atoms with E-state index in [1.165, 1.54) is 17.7 Å². The predicted molar refractivity (Wildman–Crippen MR) is 97.4 cm³/mol. The molecule has 0 radical (unpaired) electrons. The van der Waals surface area contributed by atoms with E-state index in [2.05, 4.69) is 26.4 Å². The maximum absolute atomic E-state index is 12.3. The van der Waals surface area contributed by atoms with Crippen LogP contribution in [0.4, 0.5) is 13.2 Å². The van der Waals surface area contributed by atoms with Crippen LogP contribution in [0.5, 0.6) is 5.75 Å². The number of nitrogens with zero attached hydrogens (tertiary/aromatic N) is 2. The summed E-state index contributed by atoms with van der Waals surface area (Å²) in [5.41, 5.74) is 3.78. The van der Waals surface area contributed by atoms with Crippen LogP contribution in [-0.4, -0.2) is 15.9 Å². The van der Waals surface area contributed by atoms with Gasteiger partial charge in [-0.25, -0.2) is 0 Å². The van der Waals surface area contributed by atoms with Gasteiger partial charge in [0.05, 0.1) is 11.7 Å². The standard InChI is InChI=1S/C21H15F3N2O/c22-21(23,24)27-17-8-6-16(7-9-17)19-12-25-13-20-18(19)10-11-26(20)14-15-4-2-1-3-5-15/h1-13H,14H2. The summed E-state index contributed by atoms with van der Waals surface area (Å²) in [6.45, 7) is 0.716. The van der Waals surface area contributed by atoms with Crippen molar-refractivity contribution < 1.29 is 17.9 Å². The van der Waals surface area contributed by atoms with Gasteiger partial charge in [-0.1, -0.05) is 42.5 Å². The summed E-state index contributed by atoms with van der Waals surface area (Å²) in [6, 6.07) is 17.9. The first-order valence-electron chi connectivity index (χ1n) is 8.32. The first kappa shape index (κ1) is 17.1. The molecular formula is C21H15F3N2O. The average Bonchev–Trinajstić information content (AvgIpc) is 3.05. The molecule has 2 aromatic carbocycles. The molecule has 2 heterocycles. The van der Waals surface area contributed by atoms with Crippen molar-refractivity contribution in [3.8, 4) is 16.9 Å². The summed E-state index contributed by atoms with van der Waals surface area (Å²) < 4.78 is 43.0. The minimum Gasteiger partial charge on any atom is -0.406 e. The van der Waals surface area contributed by atoms with Gasteiger partial charge in [0, 0.05) is 29.9 Å². The molecule has 0 aliphatic rings. The molecule has 136 valence electrons. The molecule has 3 nitrogen and oxygen atoms in total. The third kappa shape index (κ3) is 3.79. The van der Waals surface area contributed by atoms with E-state index in [4.69, 9.17) is 0 Å². The number of hydrogen-bond acceptors (Lipinski definition) is 2. The predicted octanol–water partition coefficient (Wildman–Crippen LogP) is 5.65. The highest BCUT2D eigenvalue weighted by Crippen LogP contribution is 2.31. The number of rotatable bonds is 4. The monoisotopic (exact) mass is 368 g/mol.